The summed E-state index contributed by atoms with van der Waals surface area (Å²) >= 11 is 0. The fourth-order valence-corrected chi connectivity index (χ4v) is 4.66. The smallest absolute Gasteiger partial charge is 0.254 e. The van der Waals surface area contributed by atoms with Crippen molar-refractivity contribution in [3.05, 3.63) is 88.7 Å². The minimum absolute atomic E-state index is 0.0327. The van der Waals surface area contributed by atoms with Gasteiger partial charge in [-0.3, -0.25) is 9.78 Å². The molecule has 1 amide bonds. The number of rotatable bonds is 9. The maximum absolute atomic E-state index is 14.1. The van der Waals surface area contributed by atoms with Gasteiger partial charge in [0.25, 0.3) is 5.91 Å². The Morgan fingerprint density at radius 1 is 1.17 bits per heavy atom. The van der Waals surface area contributed by atoms with Gasteiger partial charge in [-0.05, 0) is 74.1 Å². The Morgan fingerprint density at radius 2 is 2.00 bits per heavy atom. The van der Waals surface area contributed by atoms with Gasteiger partial charge < -0.3 is 20.1 Å². The molecule has 0 saturated heterocycles. The zero-order valence-corrected chi connectivity index (χ0v) is 20.1. The van der Waals surface area contributed by atoms with Crippen molar-refractivity contribution in [3.8, 4) is 11.5 Å². The van der Waals surface area contributed by atoms with Gasteiger partial charge in [0.05, 0.1) is 24.0 Å². The van der Waals surface area contributed by atoms with Crippen LogP contribution in [0.1, 0.15) is 53.1 Å². The van der Waals surface area contributed by atoms with Crippen molar-refractivity contribution in [1.29, 1.82) is 0 Å². The minimum Gasteiger partial charge on any atom is -0.454 e. The number of benzene rings is 2. The molecule has 2 N–H and O–H groups in total. The van der Waals surface area contributed by atoms with Crippen LogP contribution in [0.5, 0.6) is 11.5 Å². The molecule has 188 valence electrons. The maximum Gasteiger partial charge on any atom is 0.254 e. The summed E-state index contributed by atoms with van der Waals surface area (Å²) < 4.78 is 33.0. The van der Waals surface area contributed by atoms with E-state index in [9.17, 15) is 18.7 Å². The van der Waals surface area contributed by atoms with Crippen LogP contribution in [0.25, 0.3) is 0 Å². The highest BCUT2D eigenvalue weighted by Crippen LogP contribution is 2.45. The highest BCUT2D eigenvalue weighted by atomic mass is 19.1. The number of amides is 1. The van der Waals surface area contributed by atoms with Crippen LogP contribution in [0.15, 0.2) is 54.6 Å². The quantitative estimate of drug-likeness (QED) is 0.449. The number of hydrogen-bond acceptors (Lipinski definition) is 5. The summed E-state index contributed by atoms with van der Waals surface area (Å²) in [5, 5.41) is 12.5. The Bertz CT molecular complexity index is 1260. The monoisotopic (exact) mass is 493 g/mol. The number of aromatic nitrogens is 1. The van der Waals surface area contributed by atoms with Crippen molar-refractivity contribution in [1.82, 2.24) is 15.2 Å². The molecule has 1 aromatic heterocycles. The number of hydrogen-bond donors (Lipinski definition) is 2. The van der Waals surface area contributed by atoms with Crippen LogP contribution in [0, 0.1) is 17.6 Å². The van der Waals surface area contributed by atoms with Gasteiger partial charge in [-0.25, -0.2) is 8.78 Å². The van der Waals surface area contributed by atoms with Gasteiger partial charge in [-0.2, -0.15) is 0 Å². The van der Waals surface area contributed by atoms with Crippen molar-refractivity contribution in [2.24, 2.45) is 5.92 Å². The molecule has 6 nitrogen and oxygen atoms in total. The Hall–Kier alpha value is -3.36. The van der Waals surface area contributed by atoms with E-state index in [-0.39, 0.29) is 30.3 Å². The molecule has 2 aliphatic rings. The number of halogens is 2. The van der Waals surface area contributed by atoms with E-state index in [2.05, 4.69) is 5.32 Å². The van der Waals surface area contributed by atoms with Crippen molar-refractivity contribution in [2.75, 3.05) is 13.2 Å². The van der Waals surface area contributed by atoms with Crippen LogP contribution in [0.2, 0.25) is 0 Å². The lowest BCUT2D eigenvalue weighted by Crippen LogP contribution is -2.41. The van der Waals surface area contributed by atoms with E-state index in [1.807, 2.05) is 36.1 Å². The average molecular weight is 494 g/mol. The van der Waals surface area contributed by atoms with Gasteiger partial charge in [0, 0.05) is 30.8 Å². The van der Waals surface area contributed by atoms with Gasteiger partial charge in [-0.15, -0.1) is 0 Å². The number of fused-ring (bicyclic) bond motifs is 1. The van der Waals surface area contributed by atoms with Gasteiger partial charge in [0.15, 0.2) is 11.6 Å². The van der Waals surface area contributed by atoms with Crippen molar-refractivity contribution in [3.63, 3.8) is 0 Å². The first-order valence-corrected chi connectivity index (χ1v) is 12.3. The molecular weight excluding hydrogens is 464 g/mol. The number of pyridine rings is 1. The molecule has 1 unspecified atom stereocenters. The van der Waals surface area contributed by atoms with E-state index in [1.165, 1.54) is 6.07 Å². The molecule has 8 heteroatoms. The molecule has 3 aromatic rings. The molecule has 2 heterocycles. The Morgan fingerprint density at radius 3 is 2.75 bits per heavy atom. The van der Waals surface area contributed by atoms with Crippen molar-refractivity contribution >= 4 is 5.91 Å². The van der Waals surface area contributed by atoms with Crippen LogP contribution in [-0.4, -0.2) is 40.1 Å². The number of carbonyl (C=O) groups excluding carboxylic acids is 1. The van der Waals surface area contributed by atoms with Gasteiger partial charge in [0.2, 0.25) is 0 Å². The summed E-state index contributed by atoms with van der Waals surface area (Å²) in [6, 6.07) is 14.0. The molecule has 1 aliphatic carbocycles. The lowest BCUT2D eigenvalue weighted by Gasteiger charge is -2.36. The molecule has 0 bridgehead atoms. The van der Waals surface area contributed by atoms with Crippen LogP contribution in [0.3, 0.4) is 0 Å². The summed E-state index contributed by atoms with van der Waals surface area (Å²) in [4.78, 5) is 20.5. The highest BCUT2D eigenvalue weighted by Gasteiger charge is 2.41. The number of ether oxygens (including phenoxy) is 1. The molecular formula is C28H29F2N3O3. The molecule has 36 heavy (non-hydrogen) atoms. The second-order valence-corrected chi connectivity index (χ2v) is 9.54. The predicted molar refractivity (Wildman–Crippen MR) is 131 cm³/mol. The predicted octanol–water partition coefficient (Wildman–Crippen LogP) is 4.77. The first-order valence-electron chi connectivity index (χ1n) is 12.3. The van der Waals surface area contributed by atoms with Crippen LogP contribution < -0.4 is 10.1 Å². The number of aliphatic hydroxyl groups is 1. The van der Waals surface area contributed by atoms with Gasteiger partial charge in [0.1, 0.15) is 11.6 Å². The standard InChI is InChI=1S/C28H29F2N3O3/c1-17(16-34)31-15-21-3-2-4-25(32-21)27(19-5-6-19)33-12-11-18-7-9-22(14-23(18)28(33)35)36-26-10-8-20(29)13-24(26)30/h2-4,7-10,13-14,17,19,27,31,34H,5-6,11-12,15-16H2,1H3/t17-,27?/m1/s1. The highest BCUT2D eigenvalue weighted by molar-refractivity contribution is 5.97. The van der Waals surface area contributed by atoms with Crippen LogP contribution in [-0.2, 0) is 13.0 Å². The normalized spacial score (nSPS) is 17.0. The van der Waals surface area contributed by atoms with Crippen molar-refractivity contribution < 1.29 is 23.4 Å². The lowest BCUT2D eigenvalue weighted by molar-refractivity contribution is 0.0627. The third-order valence-electron chi connectivity index (χ3n) is 6.76. The SMILES string of the molecule is C[C@H](CO)NCc1cccc(C(C2CC2)N2CCc3ccc(Oc4ccc(F)cc4F)cc3C2=O)n1. The van der Waals surface area contributed by atoms with E-state index >= 15 is 0 Å². The van der Waals surface area contributed by atoms with Crippen molar-refractivity contribution in [2.45, 2.75) is 44.8 Å². The maximum atomic E-state index is 14.1. The third kappa shape index (κ3) is 5.24. The molecule has 2 atom stereocenters. The molecule has 0 radical (unpaired) electrons. The zero-order valence-electron chi connectivity index (χ0n) is 20.1. The topological polar surface area (TPSA) is 74.7 Å². The second kappa shape index (κ2) is 10.3. The molecule has 0 spiro atoms. The van der Waals surface area contributed by atoms with Crippen LogP contribution >= 0.6 is 0 Å². The minimum atomic E-state index is -0.803. The molecule has 1 saturated carbocycles. The number of aliphatic hydroxyl groups excluding tert-OH is 1. The van der Waals surface area contributed by atoms with E-state index in [0.717, 1.165) is 41.9 Å². The molecule has 1 aliphatic heterocycles. The number of nitrogens with zero attached hydrogens (tertiary/aromatic N) is 2. The summed E-state index contributed by atoms with van der Waals surface area (Å²) in [6.07, 6.45) is 2.78. The first kappa shape index (κ1) is 24.3. The summed E-state index contributed by atoms with van der Waals surface area (Å²) in [7, 11) is 0. The van der Waals surface area contributed by atoms with E-state index in [4.69, 9.17) is 9.72 Å². The molecule has 5 rings (SSSR count). The van der Waals surface area contributed by atoms with E-state index < -0.39 is 11.6 Å². The van der Waals surface area contributed by atoms with E-state index in [0.29, 0.717) is 36.7 Å². The van der Waals surface area contributed by atoms with Crippen LogP contribution in [0.4, 0.5) is 8.78 Å². The summed E-state index contributed by atoms with van der Waals surface area (Å²) in [6.45, 7) is 3.07. The average Bonchev–Trinajstić information content (AvgIpc) is 3.71. The summed E-state index contributed by atoms with van der Waals surface area (Å²) in [5.74, 6) is -1.01. The second-order valence-electron chi connectivity index (χ2n) is 9.54. The van der Waals surface area contributed by atoms with Gasteiger partial charge in [-0.1, -0.05) is 12.1 Å². The number of nitrogens with one attached hydrogen (secondary N) is 1. The number of carbonyl (C=O) groups is 1. The first-order chi connectivity index (χ1) is 17.4. The largest absolute Gasteiger partial charge is 0.454 e. The fraction of sp³-hybridized carbons (Fsp3) is 0.357. The lowest BCUT2D eigenvalue weighted by atomic mass is 9.95. The summed E-state index contributed by atoms with van der Waals surface area (Å²) in [5.41, 5.74) is 3.18. The van der Waals surface area contributed by atoms with E-state index in [1.54, 1.807) is 12.1 Å². The Labute approximate surface area is 208 Å². The van der Waals surface area contributed by atoms with Gasteiger partial charge >= 0.3 is 0 Å². The fourth-order valence-electron chi connectivity index (χ4n) is 4.66. The Balaban J connectivity index is 1.39. The molecule has 1 fully saturated rings. The molecule has 2 aromatic carbocycles. The third-order valence-corrected chi connectivity index (χ3v) is 6.76. The Kier molecular flexibility index (Phi) is 6.98. The zero-order chi connectivity index (χ0) is 25.2.